The van der Waals surface area contributed by atoms with Crippen molar-refractivity contribution in [1.29, 1.82) is 0 Å². The summed E-state index contributed by atoms with van der Waals surface area (Å²) in [7, 11) is 0. The van der Waals surface area contributed by atoms with Crippen molar-refractivity contribution in [2.24, 2.45) is 11.3 Å². The molecule has 5 rings (SSSR count). The third kappa shape index (κ3) is 6.08. The van der Waals surface area contributed by atoms with Gasteiger partial charge < -0.3 is 9.84 Å². The van der Waals surface area contributed by atoms with Gasteiger partial charge in [0.2, 0.25) is 0 Å². The fourth-order valence-corrected chi connectivity index (χ4v) is 5.75. The lowest BCUT2D eigenvalue weighted by Crippen LogP contribution is -2.11. The minimum absolute atomic E-state index is 0.0502. The predicted molar refractivity (Wildman–Crippen MR) is 146 cm³/mol. The molecule has 1 atom stereocenters. The van der Waals surface area contributed by atoms with Gasteiger partial charge in [-0.15, -0.1) is 0 Å². The van der Waals surface area contributed by atoms with Gasteiger partial charge in [0, 0.05) is 5.56 Å². The molecule has 7 heteroatoms. The lowest BCUT2D eigenvalue weighted by Gasteiger charge is -2.26. The Morgan fingerprint density at radius 2 is 1.80 bits per heavy atom. The SMILES string of the molecule is CC1(C)CCC=C1c1cc(COc2cccc([C@@H](CC(=O)O)C3CC3)c2)ccc1-c1cc(C(F)(F)F)ccc1F. The molecule has 1 N–H and O–H groups in total. The van der Waals surface area contributed by atoms with Crippen LogP contribution in [0.4, 0.5) is 17.6 Å². The van der Waals surface area contributed by atoms with Crippen molar-refractivity contribution >= 4 is 11.5 Å². The second-order valence-corrected chi connectivity index (χ2v) is 11.5. The number of hydrogen-bond acceptors (Lipinski definition) is 2. The summed E-state index contributed by atoms with van der Waals surface area (Å²) in [5, 5.41) is 9.36. The molecule has 1 fully saturated rings. The van der Waals surface area contributed by atoms with E-state index in [1.807, 2.05) is 30.3 Å². The maximum Gasteiger partial charge on any atom is 0.416 e. The van der Waals surface area contributed by atoms with Crippen LogP contribution in [0.5, 0.6) is 5.75 Å². The molecule has 1 saturated carbocycles. The largest absolute Gasteiger partial charge is 0.489 e. The third-order valence-electron chi connectivity index (χ3n) is 8.08. The van der Waals surface area contributed by atoms with Crippen molar-refractivity contribution in [3.8, 4) is 16.9 Å². The first-order valence-electron chi connectivity index (χ1n) is 13.6. The molecule has 210 valence electrons. The van der Waals surface area contributed by atoms with E-state index < -0.39 is 23.5 Å². The maximum atomic E-state index is 15.0. The number of aliphatic carboxylic acids is 1. The summed E-state index contributed by atoms with van der Waals surface area (Å²) < 4.78 is 61.5. The summed E-state index contributed by atoms with van der Waals surface area (Å²) in [6.45, 7) is 4.36. The van der Waals surface area contributed by atoms with Crippen LogP contribution in [0.2, 0.25) is 0 Å². The lowest BCUT2D eigenvalue weighted by atomic mass is 9.79. The van der Waals surface area contributed by atoms with E-state index in [2.05, 4.69) is 19.9 Å². The summed E-state index contributed by atoms with van der Waals surface area (Å²) in [6.07, 6.45) is 1.35. The van der Waals surface area contributed by atoms with Gasteiger partial charge in [0.25, 0.3) is 0 Å². The Bertz CT molecular complexity index is 1450. The maximum absolute atomic E-state index is 15.0. The van der Waals surface area contributed by atoms with Crippen LogP contribution >= 0.6 is 0 Å². The van der Waals surface area contributed by atoms with Gasteiger partial charge in [0.15, 0.2) is 0 Å². The fourth-order valence-electron chi connectivity index (χ4n) is 5.75. The molecule has 40 heavy (non-hydrogen) atoms. The van der Waals surface area contributed by atoms with Gasteiger partial charge in [-0.3, -0.25) is 4.79 Å². The summed E-state index contributed by atoms with van der Waals surface area (Å²) in [6, 6.07) is 15.3. The van der Waals surface area contributed by atoms with Crippen molar-refractivity contribution in [3.63, 3.8) is 0 Å². The number of rotatable bonds is 9. The van der Waals surface area contributed by atoms with Crippen LogP contribution in [0.25, 0.3) is 16.7 Å². The summed E-state index contributed by atoms with van der Waals surface area (Å²) in [5.41, 5.74) is 2.63. The highest BCUT2D eigenvalue weighted by molar-refractivity contribution is 5.85. The zero-order valence-corrected chi connectivity index (χ0v) is 22.5. The van der Waals surface area contributed by atoms with Crippen LogP contribution in [0.1, 0.15) is 74.1 Å². The van der Waals surface area contributed by atoms with Crippen molar-refractivity contribution in [1.82, 2.24) is 0 Å². The van der Waals surface area contributed by atoms with Gasteiger partial charge in [0.1, 0.15) is 18.2 Å². The average molecular weight is 553 g/mol. The van der Waals surface area contributed by atoms with Crippen LogP contribution < -0.4 is 4.74 Å². The van der Waals surface area contributed by atoms with Crippen LogP contribution in [-0.4, -0.2) is 11.1 Å². The average Bonchev–Trinajstić information content (AvgIpc) is 3.67. The van der Waals surface area contributed by atoms with E-state index in [9.17, 15) is 27.5 Å². The van der Waals surface area contributed by atoms with E-state index in [4.69, 9.17) is 4.74 Å². The Balaban J connectivity index is 1.46. The molecule has 0 radical (unpaired) electrons. The summed E-state index contributed by atoms with van der Waals surface area (Å²) >= 11 is 0. The van der Waals surface area contributed by atoms with E-state index in [1.165, 1.54) is 0 Å². The first-order chi connectivity index (χ1) is 18.9. The Kier molecular flexibility index (Phi) is 7.51. The number of benzene rings is 3. The summed E-state index contributed by atoms with van der Waals surface area (Å²) in [5.74, 6) is -0.592. The number of carboxylic acids is 1. The fraction of sp³-hybridized carbons (Fsp3) is 0.364. The topological polar surface area (TPSA) is 46.5 Å². The van der Waals surface area contributed by atoms with Crippen LogP contribution in [0.15, 0.2) is 66.7 Å². The Labute approximate surface area is 231 Å². The molecular weight excluding hydrogens is 520 g/mol. The highest BCUT2D eigenvalue weighted by Gasteiger charge is 2.35. The predicted octanol–water partition coefficient (Wildman–Crippen LogP) is 9.26. The molecule has 2 aliphatic rings. The van der Waals surface area contributed by atoms with Crippen LogP contribution in [0.3, 0.4) is 0 Å². The zero-order valence-electron chi connectivity index (χ0n) is 22.5. The number of halogens is 4. The number of hydrogen-bond donors (Lipinski definition) is 1. The quantitative estimate of drug-likeness (QED) is 0.269. The van der Waals surface area contributed by atoms with E-state index in [-0.39, 0.29) is 29.9 Å². The number of allylic oxidation sites excluding steroid dienone is 2. The number of alkyl halides is 3. The molecule has 3 aromatic carbocycles. The zero-order chi connectivity index (χ0) is 28.7. The molecule has 0 saturated heterocycles. The molecule has 0 bridgehead atoms. The smallest absolute Gasteiger partial charge is 0.416 e. The van der Waals surface area contributed by atoms with Crippen molar-refractivity contribution in [2.45, 2.75) is 64.7 Å². The molecule has 0 amide bonds. The first-order valence-corrected chi connectivity index (χ1v) is 13.6. The molecule has 0 spiro atoms. The lowest BCUT2D eigenvalue weighted by molar-refractivity contribution is -0.138. The van der Waals surface area contributed by atoms with Crippen molar-refractivity contribution in [2.75, 3.05) is 0 Å². The molecule has 2 aliphatic carbocycles. The number of carboxylic acid groups (broad SMARTS) is 1. The second-order valence-electron chi connectivity index (χ2n) is 11.5. The minimum Gasteiger partial charge on any atom is -0.489 e. The van der Waals surface area contributed by atoms with Crippen LogP contribution in [-0.2, 0) is 17.6 Å². The first kappa shape index (κ1) is 27.9. The standard InChI is InChI=1S/C33H32F4O3/c1-32(2)14-4-7-29(32)27-15-20(8-12-25(27)28-17-23(33(35,36)37)11-13-30(28)34)19-40-24-6-3-5-22(16-24)26(18-31(38)39)21-9-10-21/h3,5-8,11-13,15-17,21,26H,4,9-10,14,18-19H2,1-2H3,(H,38,39)/t26-/m0/s1. The van der Waals surface area contributed by atoms with Gasteiger partial charge in [-0.25, -0.2) is 4.39 Å². The van der Waals surface area contributed by atoms with Gasteiger partial charge in [0.05, 0.1) is 12.0 Å². The summed E-state index contributed by atoms with van der Waals surface area (Å²) in [4.78, 5) is 11.4. The molecule has 0 aliphatic heterocycles. The normalized spacial score (nSPS) is 17.4. The molecule has 3 aromatic rings. The van der Waals surface area contributed by atoms with E-state index in [1.54, 1.807) is 12.1 Å². The molecule has 0 unspecified atom stereocenters. The van der Waals surface area contributed by atoms with E-state index >= 15 is 0 Å². The minimum atomic E-state index is -4.58. The Hall–Kier alpha value is -3.61. The van der Waals surface area contributed by atoms with Crippen LogP contribution in [0, 0.1) is 17.2 Å². The second kappa shape index (κ2) is 10.8. The third-order valence-corrected chi connectivity index (χ3v) is 8.08. The highest BCUT2D eigenvalue weighted by Crippen LogP contribution is 2.48. The molecule has 0 heterocycles. The van der Waals surface area contributed by atoms with Gasteiger partial charge in [-0.2, -0.15) is 13.2 Å². The van der Waals surface area contributed by atoms with Gasteiger partial charge in [-0.1, -0.05) is 44.2 Å². The number of ether oxygens (including phenoxy) is 1. The molecule has 0 aromatic heterocycles. The molecular formula is C33H32F4O3. The van der Waals surface area contributed by atoms with E-state index in [0.717, 1.165) is 60.6 Å². The Morgan fingerprint density at radius 1 is 1.02 bits per heavy atom. The highest BCUT2D eigenvalue weighted by atomic mass is 19.4. The van der Waals surface area contributed by atoms with Crippen molar-refractivity contribution < 1.29 is 32.2 Å². The molecule has 3 nitrogen and oxygen atoms in total. The van der Waals surface area contributed by atoms with Gasteiger partial charge >= 0.3 is 12.1 Å². The van der Waals surface area contributed by atoms with Gasteiger partial charge in [-0.05, 0) is 107 Å². The van der Waals surface area contributed by atoms with Crippen molar-refractivity contribution in [3.05, 3.63) is 94.8 Å². The van der Waals surface area contributed by atoms with E-state index in [0.29, 0.717) is 22.8 Å². The number of carbonyl (C=O) groups is 1. The Morgan fingerprint density at radius 3 is 2.45 bits per heavy atom. The monoisotopic (exact) mass is 552 g/mol.